The van der Waals surface area contributed by atoms with Gasteiger partial charge < -0.3 is 15.4 Å². The highest BCUT2D eigenvalue weighted by Gasteiger charge is 2.15. The zero-order chi connectivity index (χ0) is 17.5. The Morgan fingerprint density at radius 3 is 2.29 bits per heavy atom. The van der Waals surface area contributed by atoms with Gasteiger partial charge in [0, 0.05) is 19.0 Å². The lowest BCUT2D eigenvalue weighted by atomic mass is 10.0. The van der Waals surface area contributed by atoms with Crippen molar-refractivity contribution >= 4 is 23.1 Å². The van der Waals surface area contributed by atoms with Gasteiger partial charge in [-0.3, -0.25) is 9.59 Å². The lowest BCUT2D eigenvalue weighted by Crippen LogP contribution is -2.15. The number of Topliss-reactive ketones (excluding diaryl/α,β-unsaturated/α-hetero) is 1. The Bertz CT molecular complexity index is 711. The minimum absolute atomic E-state index is 0.0911. The van der Waals surface area contributed by atoms with Gasteiger partial charge in [-0.2, -0.15) is 0 Å². The zero-order valence-electron chi connectivity index (χ0n) is 14.1. The van der Waals surface area contributed by atoms with Crippen LogP contribution < -0.4 is 15.4 Å². The second-order valence-corrected chi connectivity index (χ2v) is 5.61. The third-order valence-corrected chi connectivity index (χ3v) is 3.56. The number of nitrogens with one attached hydrogen (secondary N) is 2. The number of methoxy groups -OCH3 is 1. The Morgan fingerprint density at radius 1 is 1.04 bits per heavy atom. The Balaban J connectivity index is 2.24. The van der Waals surface area contributed by atoms with Gasteiger partial charge in [0.2, 0.25) is 5.91 Å². The van der Waals surface area contributed by atoms with Crippen molar-refractivity contribution in [2.45, 2.75) is 26.3 Å². The molecule has 2 N–H and O–H groups in total. The van der Waals surface area contributed by atoms with Crippen molar-refractivity contribution in [1.82, 2.24) is 0 Å². The molecule has 0 aliphatic heterocycles. The SMILES string of the molecule is COc1ccccc1N[C@@H](CC(C)=O)c1ccc(NC(C)=O)cc1. The predicted octanol–water partition coefficient (Wildman–Crippen LogP) is 3.79. The number of hydrogen-bond donors (Lipinski definition) is 2. The van der Waals surface area contributed by atoms with E-state index in [0.717, 1.165) is 22.7 Å². The van der Waals surface area contributed by atoms with Crippen molar-refractivity contribution in [3.8, 4) is 5.75 Å². The molecule has 0 spiro atoms. The van der Waals surface area contributed by atoms with Crippen LogP contribution in [0.1, 0.15) is 31.9 Å². The van der Waals surface area contributed by atoms with Crippen LogP contribution in [0.4, 0.5) is 11.4 Å². The minimum Gasteiger partial charge on any atom is -0.495 e. The van der Waals surface area contributed by atoms with Gasteiger partial charge in [-0.25, -0.2) is 0 Å². The Morgan fingerprint density at radius 2 is 1.71 bits per heavy atom. The third kappa shape index (κ3) is 4.84. The normalized spacial score (nSPS) is 11.5. The molecule has 0 bridgehead atoms. The molecule has 1 atom stereocenters. The fourth-order valence-electron chi connectivity index (χ4n) is 2.49. The van der Waals surface area contributed by atoms with E-state index in [-0.39, 0.29) is 17.7 Å². The molecule has 5 nitrogen and oxygen atoms in total. The standard InChI is InChI=1S/C19H22N2O3/c1-13(22)12-18(21-17-6-4-5-7-19(17)24-3)15-8-10-16(11-9-15)20-14(2)23/h4-11,18,21H,12H2,1-3H3,(H,20,23)/t18-/m0/s1. The maximum Gasteiger partial charge on any atom is 0.221 e. The van der Waals surface area contributed by atoms with Gasteiger partial charge in [0.05, 0.1) is 18.8 Å². The largest absolute Gasteiger partial charge is 0.495 e. The van der Waals surface area contributed by atoms with Gasteiger partial charge in [-0.1, -0.05) is 24.3 Å². The molecule has 0 aliphatic carbocycles. The van der Waals surface area contributed by atoms with E-state index in [4.69, 9.17) is 4.74 Å². The first kappa shape index (κ1) is 17.5. The van der Waals surface area contributed by atoms with Crippen LogP contribution in [0.25, 0.3) is 0 Å². The van der Waals surface area contributed by atoms with Crippen LogP contribution in [0.5, 0.6) is 5.75 Å². The summed E-state index contributed by atoms with van der Waals surface area (Å²) in [6, 6.07) is 14.9. The van der Waals surface area contributed by atoms with E-state index >= 15 is 0 Å². The highest BCUT2D eigenvalue weighted by Crippen LogP contribution is 2.30. The fraction of sp³-hybridized carbons (Fsp3) is 0.263. The molecular weight excluding hydrogens is 304 g/mol. The highest BCUT2D eigenvalue weighted by atomic mass is 16.5. The summed E-state index contributed by atoms with van der Waals surface area (Å²) in [4.78, 5) is 22.8. The number of ketones is 1. The number of hydrogen-bond acceptors (Lipinski definition) is 4. The van der Waals surface area contributed by atoms with Crippen LogP contribution >= 0.6 is 0 Å². The molecule has 0 heterocycles. The van der Waals surface area contributed by atoms with E-state index in [9.17, 15) is 9.59 Å². The van der Waals surface area contributed by atoms with Gasteiger partial charge in [0.15, 0.2) is 0 Å². The van der Waals surface area contributed by atoms with Crippen molar-refractivity contribution < 1.29 is 14.3 Å². The summed E-state index contributed by atoms with van der Waals surface area (Å²) in [5.41, 5.74) is 2.52. The van der Waals surface area contributed by atoms with Crippen LogP contribution in [0.15, 0.2) is 48.5 Å². The molecule has 1 amide bonds. The zero-order valence-corrected chi connectivity index (χ0v) is 14.1. The molecule has 2 rings (SSSR count). The van der Waals surface area contributed by atoms with E-state index < -0.39 is 0 Å². The van der Waals surface area contributed by atoms with Gasteiger partial charge >= 0.3 is 0 Å². The van der Waals surface area contributed by atoms with Gasteiger partial charge in [0.25, 0.3) is 0 Å². The van der Waals surface area contributed by atoms with Gasteiger partial charge in [-0.05, 0) is 36.8 Å². The molecule has 0 radical (unpaired) electrons. The number of carbonyl (C=O) groups excluding carboxylic acids is 2. The first-order valence-electron chi connectivity index (χ1n) is 7.76. The van der Waals surface area contributed by atoms with Crippen LogP contribution in [-0.4, -0.2) is 18.8 Å². The molecule has 5 heteroatoms. The van der Waals surface area contributed by atoms with Crippen LogP contribution in [0.2, 0.25) is 0 Å². The number of amides is 1. The quantitative estimate of drug-likeness (QED) is 0.812. The van der Waals surface area contributed by atoms with E-state index in [2.05, 4.69) is 10.6 Å². The van der Waals surface area contributed by atoms with Crippen LogP contribution in [0.3, 0.4) is 0 Å². The van der Waals surface area contributed by atoms with Gasteiger partial charge in [0.1, 0.15) is 11.5 Å². The molecule has 0 saturated heterocycles. The summed E-state index contributed by atoms with van der Waals surface area (Å²) < 4.78 is 5.36. The number of para-hydroxylation sites is 2. The summed E-state index contributed by atoms with van der Waals surface area (Å²) in [7, 11) is 1.61. The maximum absolute atomic E-state index is 11.7. The monoisotopic (exact) mass is 326 g/mol. The Hall–Kier alpha value is -2.82. The molecule has 24 heavy (non-hydrogen) atoms. The molecule has 0 unspecified atom stereocenters. The molecule has 2 aromatic carbocycles. The summed E-state index contributed by atoms with van der Waals surface area (Å²) in [5.74, 6) is 0.699. The summed E-state index contributed by atoms with van der Waals surface area (Å²) in [6.45, 7) is 3.04. The number of ether oxygens (including phenoxy) is 1. The molecule has 2 aromatic rings. The molecule has 126 valence electrons. The second kappa shape index (κ2) is 8.15. The molecular formula is C19H22N2O3. The summed E-state index contributed by atoms with van der Waals surface area (Å²) in [5, 5.41) is 6.11. The Labute approximate surface area is 142 Å². The molecule has 0 aliphatic rings. The van der Waals surface area contributed by atoms with Crippen molar-refractivity contribution in [2.75, 3.05) is 17.7 Å². The number of rotatable bonds is 7. The number of benzene rings is 2. The lowest BCUT2D eigenvalue weighted by molar-refractivity contribution is -0.117. The van der Waals surface area contributed by atoms with Crippen molar-refractivity contribution in [3.05, 3.63) is 54.1 Å². The van der Waals surface area contributed by atoms with E-state index in [1.54, 1.807) is 14.0 Å². The average Bonchev–Trinajstić information content (AvgIpc) is 2.54. The van der Waals surface area contributed by atoms with E-state index in [0.29, 0.717) is 6.42 Å². The topological polar surface area (TPSA) is 67.4 Å². The first-order chi connectivity index (χ1) is 11.5. The average molecular weight is 326 g/mol. The molecule has 0 fully saturated rings. The van der Waals surface area contributed by atoms with E-state index in [1.165, 1.54) is 6.92 Å². The minimum atomic E-state index is -0.176. The number of carbonyl (C=O) groups is 2. The first-order valence-corrected chi connectivity index (χ1v) is 7.76. The summed E-state index contributed by atoms with van der Waals surface area (Å²) >= 11 is 0. The lowest BCUT2D eigenvalue weighted by Gasteiger charge is -2.21. The van der Waals surface area contributed by atoms with Crippen molar-refractivity contribution in [2.24, 2.45) is 0 Å². The van der Waals surface area contributed by atoms with Crippen LogP contribution in [-0.2, 0) is 9.59 Å². The van der Waals surface area contributed by atoms with Crippen molar-refractivity contribution in [1.29, 1.82) is 0 Å². The third-order valence-electron chi connectivity index (χ3n) is 3.56. The highest BCUT2D eigenvalue weighted by molar-refractivity contribution is 5.88. The van der Waals surface area contributed by atoms with E-state index in [1.807, 2.05) is 48.5 Å². The second-order valence-electron chi connectivity index (χ2n) is 5.61. The predicted molar refractivity (Wildman–Crippen MR) is 95.4 cm³/mol. The summed E-state index contributed by atoms with van der Waals surface area (Å²) in [6.07, 6.45) is 0.359. The van der Waals surface area contributed by atoms with Crippen molar-refractivity contribution in [3.63, 3.8) is 0 Å². The fourth-order valence-corrected chi connectivity index (χ4v) is 2.49. The van der Waals surface area contributed by atoms with Gasteiger partial charge in [-0.15, -0.1) is 0 Å². The number of anilines is 2. The maximum atomic E-state index is 11.7. The Kier molecular flexibility index (Phi) is 5.95. The molecule has 0 aromatic heterocycles. The smallest absolute Gasteiger partial charge is 0.221 e. The van der Waals surface area contributed by atoms with Crippen LogP contribution in [0, 0.1) is 0 Å². The molecule has 0 saturated carbocycles.